The molecule has 0 radical (unpaired) electrons. The molecular formula is C80H164N6O2. The largest absolute Gasteiger partial charge is 0.341 e. The Hall–Kier alpha value is -1.22. The highest BCUT2D eigenvalue weighted by atomic mass is 16.2. The summed E-state index contributed by atoms with van der Waals surface area (Å²) < 4.78 is 0. The Morgan fingerprint density at radius 2 is 0.341 bits per heavy atom. The van der Waals surface area contributed by atoms with Gasteiger partial charge in [-0.3, -0.25) is 9.59 Å². The zero-order valence-electron chi connectivity index (χ0n) is 62.0. The van der Waals surface area contributed by atoms with Crippen LogP contribution in [-0.4, -0.2) is 146 Å². The number of likely N-dealkylation sites (N-methyl/N-ethyl adjacent to an activating group) is 4. The second-order valence-electron chi connectivity index (χ2n) is 28.0. The van der Waals surface area contributed by atoms with Crippen molar-refractivity contribution in [1.82, 2.24) is 29.4 Å². The molecule has 2 amide bonds. The lowest BCUT2D eigenvalue weighted by molar-refractivity contribution is -0.135. The first-order valence-corrected chi connectivity index (χ1v) is 40.8. The molecule has 8 heteroatoms. The number of carbonyl (C=O) groups is 2. The Labute approximate surface area is 554 Å². The number of hydrogen-bond acceptors (Lipinski definition) is 6. The maximum Gasteiger partial charge on any atom is 0.223 e. The molecule has 0 N–H and O–H groups in total. The minimum atomic E-state index is 0.236. The molecule has 0 aliphatic heterocycles. The van der Waals surface area contributed by atoms with Gasteiger partial charge in [0.15, 0.2) is 0 Å². The van der Waals surface area contributed by atoms with Gasteiger partial charge in [0.1, 0.15) is 0 Å². The number of hydrogen-bond donors (Lipinski definition) is 0. The van der Waals surface area contributed by atoms with Gasteiger partial charge in [0.25, 0.3) is 0 Å². The molecule has 0 aromatic rings. The number of nitrogens with zero attached hydrogens (tertiary/aromatic N) is 6. The standard InChI is InChI=1S/C80H164N6O2/c1-9-17-21-25-29-33-37-41-45-49-53-57-61-67-83(68-62-58-54-50-46-42-38-34-30-26-22-18-10-2)75-73-81(13-5)71-65-79(87)85(15-7)77-78-86(16-8)80(88)66-72-82(14-6)74-76-84(69-63-59-55-51-47-43-39-35-31-27-23-19-11-3)70-64-60-56-52-48-44-40-36-32-28-24-20-12-4/h9-78H2,1-8H3. The van der Waals surface area contributed by atoms with Crippen molar-refractivity contribution in [1.29, 1.82) is 0 Å². The summed E-state index contributed by atoms with van der Waals surface area (Å²) in [4.78, 5) is 42.3. The van der Waals surface area contributed by atoms with Crippen LogP contribution in [0.15, 0.2) is 0 Å². The molecule has 0 atom stereocenters. The quantitative estimate of drug-likeness (QED) is 0.0566. The maximum atomic E-state index is 13.8. The van der Waals surface area contributed by atoms with Crippen molar-refractivity contribution < 1.29 is 9.59 Å². The summed E-state index contributed by atoms with van der Waals surface area (Å²) in [7, 11) is 0. The fourth-order valence-corrected chi connectivity index (χ4v) is 13.5. The molecule has 0 heterocycles. The normalized spacial score (nSPS) is 11.9. The maximum absolute atomic E-state index is 13.8. The Morgan fingerprint density at radius 3 is 0.511 bits per heavy atom. The lowest BCUT2D eigenvalue weighted by Crippen LogP contribution is -2.43. The van der Waals surface area contributed by atoms with Gasteiger partial charge in [0, 0.05) is 78.3 Å². The van der Waals surface area contributed by atoms with Gasteiger partial charge < -0.3 is 29.4 Å². The van der Waals surface area contributed by atoms with E-state index in [1.807, 2.05) is 9.80 Å². The lowest BCUT2D eigenvalue weighted by atomic mass is 10.0. The van der Waals surface area contributed by atoms with E-state index in [1.165, 1.54) is 360 Å². The van der Waals surface area contributed by atoms with Crippen LogP contribution >= 0.6 is 0 Å². The van der Waals surface area contributed by atoms with Crippen LogP contribution in [0.1, 0.15) is 402 Å². The average Bonchev–Trinajstić information content (AvgIpc) is 3.56. The number of rotatable bonds is 75. The first kappa shape index (κ1) is 86.8. The molecule has 0 unspecified atom stereocenters. The minimum absolute atomic E-state index is 0.236. The molecule has 526 valence electrons. The summed E-state index contributed by atoms with van der Waals surface area (Å²) in [6.45, 7) is 33.4. The van der Waals surface area contributed by atoms with Crippen LogP contribution < -0.4 is 0 Å². The summed E-state index contributed by atoms with van der Waals surface area (Å²) in [6.07, 6.45) is 74.2. The summed E-state index contributed by atoms with van der Waals surface area (Å²) >= 11 is 0. The highest BCUT2D eigenvalue weighted by Gasteiger charge is 2.19. The van der Waals surface area contributed by atoms with E-state index in [0.717, 1.165) is 52.4 Å². The van der Waals surface area contributed by atoms with E-state index in [0.29, 0.717) is 39.0 Å². The van der Waals surface area contributed by atoms with Crippen LogP contribution in [0.3, 0.4) is 0 Å². The zero-order valence-corrected chi connectivity index (χ0v) is 62.0. The van der Waals surface area contributed by atoms with E-state index in [-0.39, 0.29) is 11.8 Å². The topological polar surface area (TPSA) is 53.6 Å². The molecule has 0 aromatic heterocycles. The van der Waals surface area contributed by atoms with Gasteiger partial charge in [-0.15, -0.1) is 0 Å². The Kier molecular flexibility index (Phi) is 70.6. The zero-order chi connectivity index (χ0) is 64.1. The van der Waals surface area contributed by atoms with Crippen molar-refractivity contribution in [2.24, 2.45) is 0 Å². The molecule has 0 aliphatic carbocycles. The van der Waals surface area contributed by atoms with Gasteiger partial charge in [-0.05, 0) is 78.8 Å². The minimum Gasteiger partial charge on any atom is -0.341 e. The third-order valence-electron chi connectivity index (χ3n) is 20.1. The Morgan fingerprint density at radius 1 is 0.170 bits per heavy atom. The molecular weight excluding hydrogens is 1080 g/mol. The summed E-state index contributed by atoms with van der Waals surface area (Å²) in [5.41, 5.74) is 0. The molecule has 8 nitrogen and oxygen atoms in total. The van der Waals surface area contributed by atoms with Crippen LogP contribution in [0, 0.1) is 0 Å². The predicted molar refractivity (Wildman–Crippen MR) is 394 cm³/mol. The fourth-order valence-electron chi connectivity index (χ4n) is 13.5. The second kappa shape index (κ2) is 71.6. The van der Waals surface area contributed by atoms with Crippen molar-refractivity contribution in [2.45, 2.75) is 402 Å². The number of unbranched alkanes of at least 4 members (excludes halogenated alkanes) is 48. The van der Waals surface area contributed by atoms with E-state index in [9.17, 15) is 9.59 Å². The third kappa shape index (κ3) is 59.8. The highest BCUT2D eigenvalue weighted by molar-refractivity contribution is 5.77. The Bertz CT molecular complexity index is 1210. The van der Waals surface area contributed by atoms with Crippen LogP contribution in [0.5, 0.6) is 0 Å². The summed E-state index contributed by atoms with van der Waals surface area (Å²) in [5, 5.41) is 0. The van der Waals surface area contributed by atoms with Gasteiger partial charge in [-0.2, -0.15) is 0 Å². The molecule has 0 aromatic carbocycles. The van der Waals surface area contributed by atoms with Crippen molar-refractivity contribution in [2.75, 3.05) is 105 Å². The van der Waals surface area contributed by atoms with Gasteiger partial charge in [0.05, 0.1) is 0 Å². The molecule has 0 fully saturated rings. The van der Waals surface area contributed by atoms with E-state index in [2.05, 4.69) is 75.0 Å². The number of amides is 2. The van der Waals surface area contributed by atoms with Gasteiger partial charge >= 0.3 is 0 Å². The predicted octanol–water partition coefficient (Wildman–Crippen LogP) is 23.1. The van der Waals surface area contributed by atoms with E-state index in [1.54, 1.807) is 0 Å². The summed E-state index contributed by atoms with van der Waals surface area (Å²) in [5.74, 6) is 0.471. The van der Waals surface area contributed by atoms with Crippen LogP contribution in [-0.2, 0) is 9.59 Å². The molecule has 0 saturated carbocycles. The number of carbonyl (C=O) groups excluding carboxylic acids is 2. The molecule has 0 spiro atoms. The van der Waals surface area contributed by atoms with Crippen molar-refractivity contribution >= 4 is 11.8 Å². The fraction of sp³-hybridized carbons (Fsp3) is 0.975. The Balaban J connectivity index is 5.09. The van der Waals surface area contributed by atoms with Gasteiger partial charge in [-0.1, -0.05) is 350 Å². The third-order valence-corrected chi connectivity index (χ3v) is 20.1. The van der Waals surface area contributed by atoms with Crippen LogP contribution in [0.4, 0.5) is 0 Å². The van der Waals surface area contributed by atoms with Crippen LogP contribution in [0.2, 0.25) is 0 Å². The first-order valence-electron chi connectivity index (χ1n) is 40.8. The smallest absolute Gasteiger partial charge is 0.223 e. The van der Waals surface area contributed by atoms with Crippen LogP contribution in [0.25, 0.3) is 0 Å². The van der Waals surface area contributed by atoms with Crippen molar-refractivity contribution in [3.63, 3.8) is 0 Å². The van der Waals surface area contributed by atoms with Crippen molar-refractivity contribution in [3.05, 3.63) is 0 Å². The molecule has 88 heavy (non-hydrogen) atoms. The van der Waals surface area contributed by atoms with E-state index in [4.69, 9.17) is 0 Å². The van der Waals surface area contributed by atoms with Gasteiger partial charge in [0.2, 0.25) is 11.8 Å². The molecule has 0 aliphatic rings. The first-order chi connectivity index (χ1) is 43.3. The molecule has 0 rings (SSSR count). The summed E-state index contributed by atoms with van der Waals surface area (Å²) in [6, 6.07) is 0. The molecule has 0 bridgehead atoms. The molecule has 0 saturated heterocycles. The second-order valence-corrected chi connectivity index (χ2v) is 28.0. The van der Waals surface area contributed by atoms with Gasteiger partial charge in [-0.25, -0.2) is 0 Å². The average molecular weight is 1240 g/mol. The van der Waals surface area contributed by atoms with E-state index >= 15 is 0 Å². The lowest BCUT2D eigenvalue weighted by Gasteiger charge is -2.30. The SMILES string of the molecule is CCCCCCCCCCCCCCCN(CCCCCCCCCCCCCCC)CCN(CC)CCC(=O)N(CC)CCN(CC)C(=O)CCN(CC)CCN(CCCCCCCCCCCCCCC)CCCCCCCCCCCCCCC. The highest BCUT2D eigenvalue weighted by Crippen LogP contribution is 2.18. The van der Waals surface area contributed by atoms with E-state index < -0.39 is 0 Å². The van der Waals surface area contributed by atoms with Crippen molar-refractivity contribution in [3.8, 4) is 0 Å². The monoisotopic (exact) mass is 1240 g/mol.